The first-order chi connectivity index (χ1) is 8.19. The van der Waals surface area contributed by atoms with E-state index in [1.165, 1.54) is 6.07 Å². The summed E-state index contributed by atoms with van der Waals surface area (Å²) >= 11 is 0. The largest absolute Gasteiger partial charge is 0.506 e. The number of nitriles is 1. The predicted molar refractivity (Wildman–Crippen MR) is 66.9 cm³/mol. The number of fused-ring (bicyclic) bond motifs is 1. The molecule has 0 atom stereocenters. The van der Waals surface area contributed by atoms with E-state index in [1.807, 2.05) is 13.0 Å². The molecule has 0 unspecified atom stereocenters. The highest BCUT2D eigenvalue weighted by Gasteiger charge is 2.09. The van der Waals surface area contributed by atoms with Gasteiger partial charge in [-0.25, -0.2) is 4.98 Å². The molecule has 0 radical (unpaired) electrons. The molecule has 0 aliphatic carbocycles. The molecule has 0 amide bonds. The lowest BCUT2D eigenvalue weighted by Crippen LogP contribution is -1.94. The van der Waals surface area contributed by atoms with Crippen LogP contribution in [0.3, 0.4) is 0 Å². The molecule has 17 heavy (non-hydrogen) atoms. The number of pyridine rings is 1. The number of benzene rings is 1. The summed E-state index contributed by atoms with van der Waals surface area (Å²) in [4.78, 5) is 4.42. The van der Waals surface area contributed by atoms with Gasteiger partial charge in [0, 0.05) is 11.1 Å². The van der Waals surface area contributed by atoms with Crippen molar-refractivity contribution in [2.24, 2.45) is 0 Å². The number of nitrogens with zero attached hydrogens (tertiary/aromatic N) is 2. The third-order valence-electron chi connectivity index (χ3n) is 2.90. The van der Waals surface area contributed by atoms with Gasteiger partial charge in [-0.05, 0) is 36.6 Å². The molecule has 0 spiro atoms. The second kappa shape index (κ2) is 4.42. The van der Waals surface area contributed by atoms with Crippen LogP contribution < -0.4 is 0 Å². The average Bonchev–Trinajstić information content (AvgIpc) is 2.37. The van der Waals surface area contributed by atoms with Gasteiger partial charge in [0.2, 0.25) is 0 Å². The highest BCUT2D eigenvalue weighted by Crippen LogP contribution is 2.28. The molecule has 0 aliphatic rings. The third kappa shape index (κ3) is 1.94. The summed E-state index contributed by atoms with van der Waals surface area (Å²) in [6, 6.07) is 7.36. The summed E-state index contributed by atoms with van der Waals surface area (Å²) in [6.07, 6.45) is 1.70. The van der Waals surface area contributed by atoms with Crippen LogP contribution in [-0.2, 0) is 12.8 Å². The zero-order valence-electron chi connectivity index (χ0n) is 9.99. The fourth-order valence-electron chi connectivity index (χ4n) is 1.97. The SMILES string of the molecule is CCc1cc(CC)c2cc(C#N)cc(O)c2n1. The minimum atomic E-state index is 0.0871. The molecule has 3 nitrogen and oxygen atoms in total. The number of aromatic nitrogens is 1. The van der Waals surface area contributed by atoms with E-state index in [-0.39, 0.29) is 5.75 Å². The maximum atomic E-state index is 9.91. The molecule has 2 aromatic rings. The Morgan fingerprint density at radius 2 is 2.00 bits per heavy atom. The van der Waals surface area contributed by atoms with Gasteiger partial charge in [0.05, 0.1) is 11.6 Å². The van der Waals surface area contributed by atoms with Crippen molar-refractivity contribution in [2.45, 2.75) is 26.7 Å². The molecule has 86 valence electrons. The molecule has 2 rings (SSSR count). The number of aromatic hydroxyl groups is 1. The normalized spacial score (nSPS) is 10.4. The summed E-state index contributed by atoms with van der Waals surface area (Å²) in [5.74, 6) is 0.0871. The van der Waals surface area contributed by atoms with Crippen LogP contribution in [0.4, 0.5) is 0 Å². The maximum Gasteiger partial charge on any atom is 0.143 e. The van der Waals surface area contributed by atoms with E-state index in [9.17, 15) is 5.11 Å². The van der Waals surface area contributed by atoms with E-state index in [4.69, 9.17) is 5.26 Å². The molecule has 0 aliphatic heterocycles. The molecule has 1 aromatic heterocycles. The number of aryl methyl sites for hydroxylation is 2. The van der Waals surface area contributed by atoms with Crippen molar-refractivity contribution in [2.75, 3.05) is 0 Å². The first-order valence-electron chi connectivity index (χ1n) is 5.75. The van der Waals surface area contributed by atoms with Crippen molar-refractivity contribution >= 4 is 10.9 Å². The lowest BCUT2D eigenvalue weighted by molar-refractivity contribution is 0.480. The fourth-order valence-corrected chi connectivity index (χ4v) is 1.97. The van der Waals surface area contributed by atoms with Crippen LogP contribution in [0.5, 0.6) is 5.75 Å². The summed E-state index contributed by atoms with van der Waals surface area (Å²) in [6.45, 7) is 4.10. The average molecular weight is 226 g/mol. The van der Waals surface area contributed by atoms with Crippen LogP contribution in [0.1, 0.15) is 30.7 Å². The van der Waals surface area contributed by atoms with E-state index in [0.29, 0.717) is 11.1 Å². The molecule has 1 aromatic carbocycles. The van der Waals surface area contributed by atoms with Crippen molar-refractivity contribution in [3.05, 3.63) is 35.0 Å². The maximum absolute atomic E-state index is 9.91. The van der Waals surface area contributed by atoms with Gasteiger partial charge in [-0.3, -0.25) is 0 Å². The molecule has 1 N–H and O–H groups in total. The first-order valence-corrected chi connectivity index (χ1v) is 5.75. The Balaban J connectivity index is 2.85. The molecule has 0 fully saturated rings. The smallest absolute Gasteiger partial charge is 0.143 e. The van der Waals surface area contributed by atoms with Crippen LogP contribution >= 0.6 is 0 Å². The van der Waals surface area contributed by atoms with Gasteiger partial charge in [-0.15, -0.1) is 0 Å². The van der Waals surface area contributed by atoms with Crippen molar-refractivity contribution in [3.8, 4) is 11.8 Å². The highest BCUT2D eigenvalue weighted by atomic mass is 16.3. The molecular formula is C14H14N2O. The van der Waals surface area contributed by atoms with Crippen LogP contribution in [0.15, 0.2) is 18.2 Å². The summed E-state index contributed by atoms with van der Waals surface area (Å²) < 4.78 is 0. The van der Waals surface area contributed by atoms with E-state index in [1.54, 1.807) is 6.07 Å². The summed E-state index contributed by atoms with van der Waals surface area (Å²) in [7, 11) is 0. The summed E-state index contributed by atoms with van der Waals surface area (Å²) in [5.41, 5.74) is 3.16. The Labute approximate surface area is 100 Å². The lowest BCUT2D eigenvalue weighted by atomic mass is 10.0. The van der Waals surface area contributed by atoms with Gasteiger partial charge in [0.1, 0.15) is 11.3 Å². The van der Waals surface area contributed by atoms with Crippen molar-refractivity contribution < 1.29 is 5.11 Å². The quantitative estimate of drug-likeness (QED) is 0.856. The van der Waals surface area contributed by atoms with Crippen LogP contribution in [-0.4, -0.2) is 10.1 Å². The van der Waals surface area contributed by atoms with Crippen LogP contribution in [0.2, 0.25) is 0 Å². The Morgan fingerprint density at radius 3 is 2.59 bits per heavy atom. The Hall–Kier alpha value is -2.08. The van der Waals surface area contributed by atoms with Crippen molar-refractivity contribution in [3.63, 3.8) is 0 Å². The van der Waals surface area contributed by atoms with E-state index >= 15 is 0 Å². The Kier molecular flexibility index (Phi) is 2.97. The van der Waals surface area contributed by atoms with Gasteiger partial charge < -0.3 is 5.11 Å². The molecule has 3 heteroatoms. The highest BCUT2D eigenvalue weighted by molar-refractivity contribution is 5.88. The standard InChI is InChI=1S/C14H14N2O/c1-3-10-7-11(4-2)16-14-12(10)5-9(8-15)6-13(14)17/h5-7,17H,3-4H2,1-2H3. The molecule has 0 saturated carbocycles. The van der Waals surface area contributed by atoms with Gasteiger partial charge in [0.15, 0.2) is 0 Å². The first kappa shape index (κ1) is 11.4. The Morgan fingerprint density at radius 1 is 1.24 bits per heavy atom. The minimum absolute atomic E-state index is 0.0871. The van der Waals surface area contributed by atoms with E-state index in [0.717, 1.165) is 29.5 Å². The zero-order valence-corrected chi connectivity index (χ0v) is 9.99. The number of hydrogen-bond acceptors (Lipinski definition) is 3. The molecular weight excluding hydrogens is 212 g/mol. The lowest BCUT2D eigenvalue weighted by Gasteiger charge is -2.08. The van der Waals surface area contributed by atoms with Crippen LogP contribution in [0, 0.1) is 11.3 Å². The minimum Gasteiger partial charge on any atom is -0.506 e. The van der Waals surface area contributed by atoms with Gasteiger partial charge in [-0.2, -0.15) is 5.26 Å². The number of hydrogen-bond donors (Lipinski definition) is 1. The summed E-state index contributed by atoms with van der Waals surface area (Å²) in [5, 5.41) is 19.7. The second-order valence-electron chi connectivity index (χ2n) is 3.98. The number of rotatable bonds is 2. The van der Waals surface area contributed by atoms with Gasteiger partial charge >= 0.3 is 0 Å². The van der Waals surface area contributed by atoms with Gasteiger partial charge in [-0.1, -0.05) is 13.8 Å². The molecule has 1 heterocycles. The molecule has 0 bridgehead atoms. The second-order valence-corrected chi connectivity index (χ2v) is 3.98. The van der Waals surface area contributed by atoms with Crippen molar-refractivity contribution in [1.82, 2.24) is 4.98 Å². The predicted octanol–water partition coefficient (Wildman–Crippen LogP) is 2.94. The molecule has 0 saturated heterocycles. The van der Waals surface area contributed by atoms with E-state index < -0.39 is 0 Å². The fraction of sp³-hybridized carbons (Fsp3) is 0.286. The van der Waals surface area contributed by atoms with Gasteiger partial charge in [0.25, 0.3) is 0 Å². The van der Waals surface area contributed by atoms with Crippen LogP contribution in [0.25, 0.3) is 10.9 Å². The number of phenols is 1. The number of phenolic OH excluding ortho intramolecular Hbond substituents is 1. The van der Waals surface area contributed by atoms with E-state index in [2.05, 4.69) is 18.0 Å². The monoisotopic (exact) mass is 226 g/mol. The Bertz CT molecular complexity index is 612. The zero-order chi connectivity index (χ0) is 12.4. The topological polar surface area (TPSA) is 56.9 Å². The van der Waals surface area contributed by atoms with Crippen molar-refractivity contribution in [1.29, 1.82) is 5.26 Å². The third-order valence-corrected chi connectivity index (χ3v) is 2.90.